The first-order valence-electron chi connectivity index (χ1n) is 5.15. The maximum atomic E-state index is 14.3. The zero-order chi connectivity index (χ0) is 12.6. The smallest absolute Gasteiger partial charge is 0.349 e. The summed E-state index contributed by atoms with van der Waals surface area (Å²) in [6.07, 6.45) is -1.24. The van der Waals surface area contributed by atoms with Crippen molar-refractivity contribution in [2.75, 3.05) is 6.61 Å². The summed E-state index contributed by atoms with van der Waals surface area (Å²) in [5.41, 5.74) is -2.84. The van der Waals surface area contributed by atoms with Gasteiger partial charge in [0.05, 0.1) is 6.61 Å². The number of aromatic nitrogens is 2. The van der Waals surface area contributed by atoms with Gasteiger partial charge in [0, 0.05) is 12.4 Å². The van der Waals surface area contributed by atoms with E-state index in [9.17, 15) is 14.3 Å². The van der Waals surface area contributed by atoms with Crippen molar-refractivity contribution in [2.45, 2.75) is 31.0 Å². The Hall–Kier alpha value is -1.31. The van der Waals surface area contributed by atoms with E-state index in [0.29, 0.717) is 0 Å². The molecule has 0 radical (unpaired) electrons. The molecule has 7 heteroatoms. The van der Waals surface area contributed by atoms with Crippen molar-refractivity contribution in [1.29, 1.82) is 0 Å². The zero-order valence-electron chi connectivity index (χ0n) is 9.15. The molecule has 0 bridgehead atoms. The molecule has 0 spiro atoms. The Balaban J connectivity index is 2.41. The molecule has 1 fully saturated rings. The number of aliphatic hydroxyl groups excluding tert-OH is 2. The van der Waals surface area contributed by atoms with Gasteiger partial charge in [-0.2, -0.15) is 0 Å². The van der Waals surface area contributed by atoms with Gasteiger partial charge in [-0.15, -0.1) is 0 Å². The Bertz CT molecular complexity index is 462. The summed E-state index contributed by atoms with van der Waals surface area (Å²) < 4.78 is 20.4. The third-order valence-electron chi connectivity index (χ3n) is 2.89. The van der Waals surface area contributed by atoms with Gasteiger partial charge in [-0.3, -0.25) is 4.57 Å². The number of ether oxygens (including phenoxy) is 1. The second-order valence-electron chi connectivity index (χ2n) is 4.12. The summed E-state index contributed by atoms with van der Waals surface area (Å²) in [5.74, 6) is 0. The van der Waals surface area contributed by atoms with Gasteiger partial charge in [-0.25, -0.2) is 14.2 Å². The minimum atomic E-state index is -2.17. The fourth-order valence-electron chi connectivity index (χ4n) is 1.91. The standard InChI is InChI=1S/C10H13FN2O4/c1-10(11)7(15)6(5-14)17-8(10)13-4-2-3-12-9(13)16/h2-4,6-8,14-15H,5H2,1H3/t6-,7-,8-,10-/m1/s1. The molecule has 0 aromatic carbocycles. The minimum Gasteiger partial charge on any atom is -0.394 e. The lowest BCUT2D eigenvalue weighted by atomic mass is 9.98. The van der Waals surface area contributed by atoms with Crippen LogP contribution in [0.1, 0.15) is 13.2 Å². The Morgan fingerprint density at radius 1 is 1.71 bits per heavy atom. The Labute approximate surface area is 96.3 Å². The average Bonchev–Trinajstić information content (AvgIpc) is 2.52. The van der Waals surface area contributed by atoms with E-state index < -0.39 is 36.4 Å². The van der Waals surface area contributed by atoms with E-state index in [4.69, 9.17) is 9.84 Å². The van der Waals surface area contributed by atoms with Gasteiger partial charge in [0.1, 0.15) is 12.2 Å². The van der Waals surface area contributed by atoms with E-state index in [-0.39, 0.29) is 0 Å². The maximum absolute atomic E-state index is 14.3. The molecule has 1 aromatic rings. The van der Waals surface area contributed by atoms with Crippen LogP contribution < -0.4 is 5.69 Å². The highest BCUT2D eigenvalue weighted by Crippen LogP contribution is 2.40. The summed E-state index contributed by atoms with van der Waals surface area (Å²) >= 11 is 0. The van der Waals surface area contributed by atoms with E-state index in [1.54, 1.807) is 0 Å². The number of rotatable bonds is 2. The molecule has 0 amide bonds. The largest absolute Gasteiger partial charge is 0.394 e. The number of hydrogen-bond donors (Lipinski definition) is 2. The first-order valence-corrected chi connectivity index (χ1v) is 5.15. The van der Waals surface area contributed by atoms with E-state index >= 15 is 0 Å². The molecule has 1 aromatic heterocycles. The molecule has 0 saturated carbocycles. The monoisotopic (exact) mass is 244 g/mol. The van der Waals surface area contributed by atoms with Crippen molar-refractivity contribution in [3.8, 4) is 0 Å². The van der Waals surface area contributed by atoms with Crippen molar-refractivity contribution in [2.24, 2.45) is 0 Å². The topological polar surface area (TPSA) is 84.6 Å². The second kappa shape index (κ2) is 4.17. The number of hydrogen-bond acceptors (Lipinski definition) is 5. The third kappa shape index (κ3) is 1.86. The summed E-state index contributed by atoms with van der Waals surface area (Å²) in [6, 6.07) is 1.46. The molecule has 1 saturated heterocycles. The van der Waals surface area contributed by atoms with Gasteiger partial charge in [-0.1, -0.05) is 0 Å². The van der Waals surface area contributed by atoms with Gasteiger partial charge in [0.25, 0.3) is 0 Å². The second-order valence-corrected chi connectivity index (χ2v) is 4.12. The Morgan fingerprint density at radius 2 is 2.41 bits per heavy atom. The van der Waals surface area contributed by atoms with Crippen molar-refractivity contribution in [3.05, 3.63) is 28.9 Å². The summed E-state index contributed by atoms with van der Waals surface area (Å²) in [7, 11) is 0. The van der Waals surface area contributed by atoms with Crippen molar-refractivity contribution < 1.29 is 19.3 Å². The number of halogens is 1. The minimum absolute atomic E-state index is 0.522. The Kier molecular flexibility index (Phi) is 2.98. The van der Waals surface area contributed by atoms with Crippen molar-refractivity contribution in [1.82, 2.24) is 9.55 Å². The molecule has 2 heterocycles. The first kappa shape index (κ1) is 12.2. The van der Waals surface area contributed by atoms with E-state index in [1.807, 2.05) is 0 Å². The lowest BCUT2D eigenvalue weighted by Gasteiger charge is -2.24. The van der Waals surface area contributed by atoms with E-state index in [1.165, 1.54) is 18.5 Å². The van der Waals surface area contributed by atoms with Gasteiger partial charge in [0.15, 0.2) is 11.9 Å². The molecule has 2 N–H and O–H groups in total. The molecular weight excluding hydrogens is 231 g/mol. The zero-order valence-corrected chi connectivity index (χ0v) is 9.15. The van der Waals surface area contributed by atoms with Crippen LogP contribution in [0, 0.1) is 0 Å². The van der Waals surface area contributed by atoms with E-state index in [2.05, 4.69) is 4.98 Å². The van der Waals surface area contributed by atoms with Crippen LogP contribution in [0.5, 0.6) is 0 Å². The van der Waals surface area contributed by atoms with Crippen LogP contribution in [0.15, 0.2) is 23.3 Å². The number of aliphatic hydroxyl groups is 2. The maximum Gasteiger partial charge on any atom is 0.349 e. The predicted molar refractivity (Wildman–Crippen MR) is 55.0 cm³/mol. The van der Waals surface area contributed by atoms with Gasteiger partial charge in [-0.05, 0) is 13.0 Å². The molecule has 4 atom stereocenters. The number of alkyl halides is 1. The summed E-state index contributed by atoms with van der Waals surface area (Å²) in [6.45, 7) is 0.601. The highest BCUT2D eigenvalue weighted by atomic mass is 19.1. The van der Waals surface area contributed by atoms with Crippen LogP contribution in [-0.4, -0.2) is 44.2 Å². The van der Waals surface area contributed by atoms with Crippen LogP contribution in [0.25, 0.3) is 0 Å². The predicted octanol–water partition coefficient (Wildman–Crippen LogP) is -0.778. The molecule has 1 aliphatic rings. The van der Waals surface area contributed by atoms with Crippen LogP contribution in [-0.2, 0) is 4.74 Å². The van der Waals surface area contributed by atoms with E-state index in [0.717, 1.165) is 11.5 Å². The van der Waals surface area contributed by atoms with Gasteiger partial charge in [0.2, 0.25) is 0 Å². The molecule has 2 rings (SSSR count). The highest BCUT2D eigenvalue weighted by molar-refractivity contribution is 5.00. The molecular formula is C10H13FN2O4. The van der Waals surface area contributed by atoms with Crippen LogP contribution in [0.3, 0.4) is 0 Å². The fraction of sp³-hybridized carbons (Fsp3) is 0.600. The van der Waals surface area contributed by atoms with Crippen molar-refractivity contribution >= 4 is 0 Å². The average molecular weight is 244 g/mol. The quantitative estimate of drug-likeness (QED) is 0.713. The molecule has 17 heavy (non-hydrogen) atoms. The summed E-state index contributed by atoms with van der Waals surface area (Å²) in [5, 5.41) is 18.6. The lowest BCUT2D eigenvalue weighted by Crippen LogP contribution is -2.42. The fourth-order valence-corrected chi connectivity index (χ4v) is 1.91. The van der Waals surface area contributed by atoms with Gasteiger partial charge < -0.3 is 14.9 Å². The molecule has 0 aliphatic carbocycles. The number of nitrogens with zero attached hydrogens (tertiary/aromatic N) is 2. The normalized spacial score (nSPS) is 37.3. The molecule has 0 unspecified atom stereocenters. The molecule has 6 nitrogen and oxygen atoms in total. The Morgan fingerprint density at radius 3 is 2.94 bits per heavy atom. The molecule has 1 aliphatic heterocycles. The SMILES string of the molecule is C[C@@]1(F)[C@H](O)[C@@H](CO)O[C@H]1n1cccnc1=O. The highest BCUT2D eigenvalue weighted by Gasteiger charge is 2.54. The van der Waals surface area contributed by atoms with Crippen LogP contribution in [0.2, 0.25) is 0 Å². The van der Waals surface area contributed by atoms with Gasteiger partial charge >= 0.3 is 5.69 Å². The summed E-state index contributed by atoms with van der Waals surface area (Å²) in [4.78, 5) is 14.9. The first-order chi connectivity index (χ1) is 7.98. The van der Waals surface area contributed by atoms with Crippen molar-refractivity contribution in [3.63, 3.8) is 0 Å². The van der Waals surface area contributed by atoms with Crippen LogP contribution >= 0.6 is 0 Å². The van der Waals surface area contributed by atoms with Crippen LogP contribution in [0.4, 0.5) is 4.39 Å². The third-order valence-corrected chi connectivity index (χ3v) is 2.89. The lowest BCUT2D eigenvalue weighted by molar-refractivity contribution is -0.0611. The molecule has 94 valence electrons.